The van der Waals surface area contributed by atoms with Crippen LogP contribution in [0.2, 0.25) is 0 Å². The van der Waals surface area contributed by atoms with Crippen molar-refractivity contribution in [1.82, 2.24) is 10.1 Å². The van der Waals surface area contributed by atoms with Crippen LogP contribution in [0.3, 0.4) is 0 Å². The second kappa shape index (κ2) is 5.43. The van der Waals surface area contributed by atoms with Gasteiger partial charge in [0.1, 0.15) is 6.04 Å². The molecule has 1 atom stereocenters. The second-order valence-corrected chi connectivity index (χ2v) is 6.84. The van der Waals surface area contributed by atoms with Gasteiger partial charge in [0.2, 0.25) is 5.89 Å². The first-order chi connectivity index (χ1) is 8.91. The fraction of sp³-hybridized carbons (Fsp3) is 0.571. The van der Waals surface area contributed by atoms with E-state index in [0.29, 0.717) is 11.7 Å². The molecule has 0 spiro atoms. The average molecular weight is 279 g/mol. The summed E-state index contributed by atoms with van der Waals surface area (Å²) in [5.74, 6) is 1.24. The van der Waals surface area contributed by atoms with Gasteiger partial charge in [0.25, 0.3) is 0 Å². The van der Waals surface area contributed by atoms with Crippen LogP contribution in [0, 0.1) is 0 Å². The Morgan fingerprint density at radius 3 is 2.68 bits per heavy atom. The standard InChI is InChI=1S/C14H21N3OS/c1-5-6-11-16-13(17-18-11)12(15)9-7-8-10(19-9)14(2,3)4/h7-8,12H,5-6,15H2,1-4H3. The lowest BCUT2D eigenvalue weighted by molar-refractivity contribution is 0.370. The summed E-state index contributed by atoms with van der Waals surface area (Å²) in [7, 11) is 0. The first-order valence-electron chi connectivity index (χ1n) is 6.60. The summed E-state index contributed by atoms with van der Waals surface area (Å²) in [5, 5.41) is 3.98. The Hall–Kier alpha value is -1.20. The molecule has 2 aromatic rings. The van der Waals surface area contributed by atoms with Gasteiger partial charge in [-0.15, -0.1) is 11.3 Å². The highest BCUT2D eigenvalue weighted by atomic mass is 32.1. The summed E-state index contributed by atoms with van der Waals surface area (Å²) in [5.41, 5.74) is 6.35. The maximum Gasteiger partial charge on any atom is 0.226 e. The van der Waals surface area contributed by atoms with Crippen LogP contribution in [0.1, 0.15) is 61.6 Å². The van der Waals surface area contributed by atoms with Crippen LogP contribution in [-0.2, 0) is 11.8 Å². The van der Waals surface area contributed by atoms with Gasteiger partial charge >= 0.3 is 0 Å². The molecule has 0 fully saturated rings. The van der Waals surface area contributed by atoms with Crippen molar-refractivity contribution < 1.29 is 4.52 Å². The van der Waals surface area contributed by atoms with Crippen molar-refractivity contribution in [2.75, 3.05) is 0 Å². The maximum absolute atomic E-state index is 6.21. The zero-order valence-corrected chi connectivity index (χ0v) is 12.8. The Bertz CT molecular complexity index is 539. The molecular formula is C14H21N3OS. The largest absolute Gasteiger partial charge is 0.339 e. The van der Waals surface area contributed by atoms with E-state index in [1.807, 2.05) is 0 Å². The van der Waals surface area contributed by atoms with E-state index >= 15 is 0 Å². The molecule has 0 saturated heterocycles. The van der Waals surface area contributed by atoms with Gasteiger partial charge in [-0.25, -0.2) is 0 Å². The van der Waals surface area contributed by atoms with E-state index in [2.05, 4.69) is 50.0 Å². The number of nitrogens with zero attached hydrogens (tertiary/aromatic N) is 2. The van der Waals surface area contributed by atoms with Crippen molar-refractivity contribution in [3.05, 3.63) is 33.6 Å². The molecule has 2 aromatic heterocycles. The molecule has 0 amide bonds. The van der Waals surface area contributed by atoms with Crippen molar-refractivity contribution in [2.45, 2.75) is 52.0 Å². The molecule has 5 heteroatoms. The lowest BCUT2D eigenvalue weighted by atomic mass is 9.95. The molecule has 4 nitrogen and oxygen atoms in total. The minimum Gasteiger partial charge on any atom is -0.339 e. The molecule has 0 saturated carbocycles. The number of nitrogens with two attached hydrogens (primary N) is 1. The van der Waals surface area contributed by atoms with Gasteiger partial charge in [0.05, 0.1) is 0 Å². The number of hydrogen-bond donors (Lipinski definition) is 1. The van der Waals surface area contributed by atoms with E-state index < -0.39 is 0 Å². The Morgan fingerprint density at radius 2 is 2.11 bits per heavy atom. The number of rotatable bonds is 4. The molecule has 104 valence electrons. The zero-order valence-electron chi connectivity index (χ0n) is 11.9. The van der Waals surface area contributed by atoms with Gasteiger partial charge in [0, 0.05) is 16.2 Å². The molecule has 2 rings (SSSR count). The third-order valence-corrected chi connectivity index (χ3v) is 4.49. The van der Waals surface area contributed by atoms with Crippen LogP contribution in [0.15, 0.2) is 16.7 Å². The minimum atomic E-state index is -0.296. The summed E-state index contributed by atoms with van der Waals surface area (Å²) in [4.78, 5) is 6.74. The van der Waals surface area contributed by atoms with Crippen molar-refractivity contribution in [3.8, 4) is 0 Å². The Balaban J connectivity index is 2.18. The molecule has 1 unspecified atom stereocenters. The second-order valence-electron chi connectivity index (χ2n) is 5.73. The fourth-order valence-corrected chi connectivity index (χ4v) is 2.82. The summed E-state index contributed by atoms with van der Waals surface area (Å²) >= 11 is 1.72. The molecular weight excluding hydrogens is 258 g/mol. The highest BCUT2D eigenvalue weighted by Gasteiger charge is 2.21. The quantitative estimate of drug-likeness (QED) is 0.931. The van der Waals surface area contributed by atoms with Crippen molar-refractivity contribution in [1.29, 1.82) is 0 Å². The van der Waals surface area contributed by atoms with E-state index in [1.165, 1.54) is 4.88 Å². The van der Waals surface area contributed by atoms with Crippen LogP contribution >= 0.6 is 11.3 Å². The lowest BCUT2D eigenvalue weighted by Crippen LogP contribution is -2.12. The van der Waals surface area contributed by atoms with Gasteiger partial charge in [-0.3, -0.25) is 0 Å². The van der Waals surface area contributed by atoms with Crippen LogP contribution < -0.4 is 5.73 Å². The molecule has 19 heavy (non-hydrogen) atoms. The maximum atomic E-state index is 6.21. The molecule has 0 aliphatic heterocycles. The monoisotopic (exact) mass is 279 g/mol. The highest BCUT2D eigenvalue weighted by molar-refractivity contribution is 7.12. The summed E-state index contributed by atoms with van der Waals surface area (Å²) < 4.78 is 5.19. The third kappa shape index (κ3) is 3.22. The first-order valence-corrected chi connectivity index (χ1v) is 7.41. The first kappa shape index (κ1) is 14.2. The van der Waals surface area contributed by atoms with Gasteiger partial charge in [-0.2, -0.15) is 4.98 Å². The van der Waals surface area contributed by atoms with Gasteiger partial charge in [-0.05, 0) is 24.0 Å². The zero-order chi connectivity index (χ0) is 14.0. The predicted octanol–water partition coefficient (Wildman–Crippen LogP) is 3.43. The molecule has 0 aliphatic rings. The molecule has 0 bridgehead atoms. The molecule has 2 heterocycles. The normalized spacial score (nSPS) is 13.7. The lowest BCUT2D eigenvalue weighted by Gasteiger charge is -2.15. The Morgan fingerprint density at radius 1 is 1.37 bits per heavy atom. The molecule has 0 radical (unpaired) electrons. The molecule has 0 aliphatic carbocycles. The number of hydrogen-bond acceptors (Lipinski definition) is 5. The Kier molecular flexibility index (Phi) is 4.06. The summed E-state index contributed by atoms with van der Waals surface area (Å²) in [6.45, 7) is 8.67. The van der Waals surface area contributed by atoms with Crippen molar-refractivity contribution in [3.63, 3.8) is 0 Å². The Labute approximate surface area is 118 Å². The summed E-state index contributed by atoms with van der Waals surface area (Å²) in [6, 6.07) is 3.90. The van der Waals surface area contributed by atoms with Gasteiger partial charge in [-0.1, -0.05) is 32.9 Å². The molecule has 2 N–H and O–H groups in total. The van der Waals surface area contributed by atoms with E-state index in [-0.39, 0.29) is 11.5 Å². The minimum absolute atomic E-state index is 0.146. The smallest absolute Gasteiger partial charge is 0.226 e. The molecule has 0 aromatic carbocycles. The van der Waals surface area contributed by atoms with Gasteiger partial charge < -0.3 is 10.3 Å². The van der Waals surface area contributed by atoms with Crippen LogP contribution in [0.5, 0.6) is 0 Å². The van der Waals surface area contributed by atoms with E-state index in [1.54, 1.807) is 11.3 Å². The number of thiophene rings is 1. The van der Waals surface area contributed by atoms with Crippen LogP contribution in [0.4, 0.5) is 0 Å². The number of aromatic nitrogens is 2. The summed E-state index contributed by atoms with van der Waals surface area (Å²) in [6.07, 6.45) is 1.79. The van der Waals surface area contributed by atoms with Crippen LogP contribution in [-0.4, -0.2) is 10.1 Å². The van der Waals surface area contributed by atoms with Gasteiger partial charge in [0.15, 0.2) is 5.82 Å². The topological polar surface area (TPSA) is 64.9 Å². The average Bonchev–Trinajstić information content (AvgIpc) is 2.96. The van der Waals surface area contributed by atoms with E-state index in [4.69, 9.17) is 10.3 Å². The van der Waals surface area contributed by atoms with E-state index in [0.717, 1.165) is 17.7 Å². The van der Waals surface area contributed by atoms with E-state index in [9.17, 15) is 0 Å². The fourth-order valence-electron chi connectivity index (χ4n) is 1.76. The predicted molar refractivity (Wildman–Crippen MR) is 77.3 cm³/mol. The third-order valence-electron chi connectivity index (χ3n) is 2.90. The SMILES string of the molecule is CCCc1nc(C(N)c2ccc(C(C)(C)C)s2)no1. The van der Waals surface area contributed by atoms with Crippen molar-refractivity contribution in [2.24, 2.45) is 5.73 Å². The van der Waals surface area contributed by atoms with Crippen molar-refractivity contribution >= 4 is 11.3 Å². The van der Waals surface area contributed by atoms with Crippen LogP contribution in [0.25, 0.3) is 0 Å². The highest BCUT2D eigenvalue weighted by Crippen LogP contribution is 2.33. The number of aryl methyl sites for hydroxylation is 1.